The Bertz CT molecular complexity index is 427. The molecule has 1 aromatic rings. The van der Waals surface area contributed by atoms with E-state index in [9.17, 15) is 4.79 Å². The van der Waals surface area contributed by atoms with E-state index in [-0.39, 0.29) is 5.91 Å². The zero-order chi connectivity index (χ0) is 14.4. The molecule has 0 aliphatic heterocycles. The number of amides is 1. The summed E-state index contributed by atoms with van der Waals surface area (Å²) in [6.07, 6.45) is 1.51. The molecule has 1 unspecified atom stereocenters. The average molecular weight is 331 g/mol. The summed E-state index contributed by atoms with van der Waals surface area (Å²) in [5.41, 5.74) is 6.35. The number of carbonyl (C=O) groups excluding carboxylic acids is 1. The van der Waals surface area contributed by atoms with E-state index in [0.717, 1.165) is 6.42 Å². The van der Waals surface area contributed by atoms with Crippen molar-refractivity contribution in [3.63, 3.8) is 0 Å². The first-order chi connectivity index (χ1) is 9.03. The van der Waals surface area contributed by atoms with Crippen molar-refractivity contribution in [2.75, 3.05) is 19.5 Å². The number of hydrogen-bond acceptors (Lipinski definition) is 4. The maximum absolute atomic E-state index is 11.9. The van der Waals surface area contributed by atoms with Gasteiger partial charge < -0.3 is 20.5 Å². The third kappa shape index (κ3) is 4.11. The minimum atomic E-state index is -0.509. The van der Waals surface area contributed by atoms with Gasteiger partial charge in [-0.25, -0.2) is 0 Å². The van der Waals surface area contributed by atoms with Crippen LogP contribution in [0.3, 0.4) is 0 Å². The summed E-state index contributed by atoms with van der Waals surface area (Å²) in [4.78, 5) is 11.9. The second kappa shape index (κ2) is 7.35. The predicted molar refractivity (Wildman–Crippen MR) is 78.8 cm³/mol. The van der Waals surface area contributed by atoms with Gasteiger partial charge in [0.1, 0.15) is 16.0 Å². The summed E-state index contributed by atoms with van der Waals surface area (Å²) in [6.45, 7) is 1.98. The van der Waals surface area contributed by atoms with Crippen molar-refractivity contribution in [2.45, 2.75) is 25.8 Å². The highest BCUT2D eigenvalue weighted by Crippen LogP contribution is 2.37. The van der Waals surface area contributed by atoms with Gasteiger partial charge in [-0.15, -0.1) is 0 Å². The molecule has 0 radical (unpaired) electrons. The predicted octanol–water partition coefficient (Wildman–Crippen LogP) is 2.53. The van der Waals surface area contributed by atoms with Gasteiger partial charge in [0.2, 0.25) is 5.91 Å². The van der Waals surface area contributed by atoms with Crippen LogP contribution in [-0.2, 0) is 4.79 Å². The second-order valence-electron chi connectivity index (χ2n) is 4.08. The zero-order valence-corrected chi connectivity index (χ0v) is 12.9. The molecule has 19 heavy (non-hydrogen) atoms. The summed E-state index contributed by atoms with van der Waals surface area (Å²) in [5, 5.41) is 2.76. The summed E-state index contributed by atoms with van der Waals surface area (Å²) in [7, 11) is 3.10. The van der Waals surface area contributed by atoms with Crippen LogP contribution in [0.5, 0.6) is 11.5 Å². The Morgan fingerprint density at radius 2 is 1.89 bits per heavy atom. The Morgan fingerprint density at radius 3 is 2.32 bits per heavy atom. The van der Waals surface area contributed by atoms with E-state index in [2.05, 4.69) is 21.2 Å². The van der Waals surface area contributed by atoms with E-state index in [0.29, 0.717) is 28.1 Å². The first-order valence-corrected chi connectivity index (χ1v) is 6.80. The monoisotopic (exact) mass is 330 g/mol. The molecule has 5 nitrogen and oxygen atoms in total. The molecule has 0 fully saturated rings. The minimum absolute atomic E-state index is 0.215. The first-order valence-electron chi connectivity index (χ1n) is 6.01. The fraction of sp³-hybridized carbons (Fsp3) is 0.462. The third-order valence-corrected chi connectivity index (χ3v) is 3.43. The molecular weight excluding hydrogens is 312 g/mol. The van der Waals surface area contributed by atoms with Crippen molar-refractivity contribution in [2.24, 2.45) is 5.73 Å². The van der Waals surface area contributed by atoms with Crippen LogP contribution in [-0.4, -0.2) is 26.2 Å². The van der Waals surface area contributed by atoms with E-state index < -0.39 is 6.04 Å². The summed E-state index contributed by atoms with van der Waals surface area (Å²) >= 11 is 3.37. The lowest BCUT2D eigenvalue weighted by atomic mass is 10.1. The number of nitrogens with two attached hydrogens (primary N) is 1. The van der Waals surface area contributed by atoms with E-state index in [4.69, 9.17) is 15.2 Å². The van der Waals surface area contributed by atoms with Crippen LogP contribution < -0.4 is 20.5 Å². The molecular formula is C13H19BrN2O3. The van der Waals surface area contributed by atoms with E-state index in [1.807, 2.05) is 6.92 Å². The van der Waals surface area contributed by atoms with Crippen molar-refractivity contribution >= 4 is 27.5 Å². The normalized spacial score (nSPS) is 11.8. The Hall–Kier alpha value is -1.27. The van der Waals surface area contributed by atoms with Crippen LogP contribution in [0.25, 0.3) is 0 Å². The van der Waals surface area contributed by atoms with Gasteiger partial charge in [0.25, 0.3) is 0 Å². The lowest BCUT2D eigenvalue weighted by Gasteiger charge is -2.14. The Labute approximate surface area is 121 Å². The maximum Gasteiger partial charge on any atom is 0.241 e. The van der Waals surface area contributed by atoms with Gasteiger partial charge in [-0.3, -0.25) is 4.79 Å². The SMILES string of the molecule is CCCC(N)C(=O)Nc1cc(OC)c(Br)c(OC)c1. The molecule has 1 amide bonds. The number of halogens is 1. The number of anilines is 1. The van der Waals surface area contributed by atoms with Crippen molar-refractivity contribution in [3.05, 3.63) is 16.6 Å². The average Bonchev–Trinajstić information content (AvgIpc) is 2.40. The zero-order valence-electron chi connectivity index (χ0n) is 11.3. The van der Waals surface area contributed by atoms with Crippen LogP contribution in [0, 0.1) is 0 Å². The Kier molecular flexibility index (Phi) is 6.11. The van der Waals surface area contributed by atoms with Crippen molar-refractivity contribution in [1.29, 1.82) is 0 Å². The molecule has 0 heterocycles. The topological polar surface area (TPSA) is 73.6 Å². The molecule has 0 bridgehead atoms. The number of carbonyl (C=O) groups is 1. The maximum atomic E-state index is 11.9. The lowest BCUT2D eigenvalue weighted by Crippen LogP contribution is -2.35. The number of nitrogens with one attached hydrogen (secondary N) is 1. The van der Waals surface area contributed by atoms with E-state index in [1.54, 1.807) is 26.4 Å². The van der Waals surface area contributed by atoms with Crippen molar-refractivity contribution in [3.8, 4) is 11.5 Å². The molecule has 1 atom stereocenters. The molecule has 0 aromatic heterocycles. The molecule has 6 heteroatoms. The van der Waals surface area contributed by atoms with Gasteiger partial charge in [0.05, 0.1) is 20.3 Å². The quantitative estimate of drug-likeness (QED) is 0.840. The molecule has 0 aliphatic rings. The van der Waals surface area contributed by atoms with Gasteiger partial charge in [-0.1, -0.05) is 13.3 Å². The van der Waals surface area contributed by atoms with Crippen LogP contribution in [0.4, 0.5) is 5.69 Å². The van der Waals surface area contributed by atoms with Gasteiger partial charge >= 0.3 is 0 Å². The molecule has 0 saturated heterocycles. The standard InChI is InChI=1S/C13H19BrN2O3/c1-4-5-9(15)13(17)16-8-6-10(18-2)12(14)11(7-8)19-3/h6-7,9H,4-5,15H2,1-3H3,(H,16,17). The first kappa shape index (κ1) is 15.8. The minimum Gasteiger partial charge on any atom is -0.495 e. The summed E-state index contributed by atoms with van der Waals surface area (Å²) < 4.78 is 11.1. The van der Waals surface area contributed by atoms with Gasteiger partial charge in [0.15, 0.2) is 0 Å². The molecule has 1 rings (SSSR count). The molecule has 1 aromatic carbocycles. The Balaban J connectivity index is 2.92. The van der Waals surface area contributed by atoms with Crippen LogP contribution in [0.1, 0.15) is 19.8 Å². The van der Waals surface area contributed by atoms with Crippen LogP contribution in [0.2, 0.25) is 0 Å². The number of hydrogen-bond donors (Lipinski definition) is 2. The van der Waals surface area contributed by atoms with Crippen LogP contribution >= 0.6 is 15.9 Å². The molecule has 3 N–H and O–H groups in total. The number of ether oxygens (including phenoxy) is 2. The van der Waals surface area contributed by atoms with Gasteiger partial charge in [-0.2, -0.15) is 0 Å². The number of rotatable bonds is 6. The fourth-order valence-electron chi connectivity index (χ4n) is 1.62. The smallest absolute Gasteiger partial charge is 0.241 e. The van der Waals surface area contributed by atoms with E-state index in [1.165, 1.54) is 0 Å². The highest BCUT2D eigenvalue weighted by Gasteiger charge is 2.15. The van der Waals surface area contributed by atoms with E-state index >= 15 is 0 Å². The summed E-state index contributed by atoms with van der Waals surface area (Å²) in [6, 6.07) is 2.91. The van der Waals surface area contributed by atoms with Crippen molar-refractivity contribution < 1.29 is 14.3 Å². The van der Waals surface area contributed by atoms with Crippen LogP contribution in [0.15, 0.2) is 16.6 Å². The number of benzene rings is 1. The van der Waals surface area contributed by atoms with Crippen molar-refractivity contribution in [1.82, 2.24) is 0 Å². The number of methoxy groups -OCH3 is 2. The molecule has 0 saturated carbocycles. The lowest BCUT2D eigenvalue weighted by molar-refractivity contribution is -0.117. The fourth-order valence-corrected chi connectivity index (χ4v) is 2.17. The highest BCUT2D eigenvalue weighted by molar-refractivity contribution is 9.10. The molecule has 0 aliphatic carbocycles. The Morgan fingerprint density at radius 1 is 1.37 bits per heavy atom. The molecule has 0 spiro atoms. The summed E-state index contributed by atoms with van der Waals surface area (Å²) in [5.74, 6) is 0.950. The van der Waals surface area contributed by atoms with Gasteiger partial charge in [-0.05, 0) is 22.4 Å². The highest BCUT2D eigenvalue weighted by atomic mass is 79.9. The molecule has 106 valence electrons. The van der Waals surface area contributed by atoms with Gasteiger partial charge in [0, 0.05) is 17.8 Å². The second-order valence-corrected chi connectivity index (χ2v) is 4.87. The third-order valence-electron chi connectivity index (χ3n) is 2.65. The largest absolute Gasteiger partial charge is 0.495 e.